The summed E-state index contributed by atoms with van der Waals surface area (Å²) in [6, 6.07) is 0. The number of aromatic nitrogens is 1. The van der Waals surface area contributed by atoms with Crippen LogP contribution in [0.5, 0.6) is 0 Å². The average Bonchev–Trinajstić information content (AvgIpc) is 2.30. The second-order valence-electron chi connectivity index (χ2n) is 3.63. The third kappa shape index (κ3) is 3.37. The topological polar surface area (TPSA) is 88.3 Å². The van der Waals surface area contributed by atoms with Crippen LogP contribution in [0.25, 0.3) is 0 Å². The van der Waals surface area contributed by atoms with Gasteiger partial charge in [-0.1, -0.05) is 6.92 Å². The highest BCUT2D eigenvalue weighted by Gasteiger charge is 2.17. The maximum absolute atomic E-state index is 10.7. The van der Waals surface area contributed by atoms with Crippen LogP contribution < -0.4 is 5.32 Å². The van der Waals surface area contributed by atoms with Gasteiger partial charge in [0.25, 0.3) is 5.69 Å². The lowest BCUT2D eigenvalue weighted by Gasteiger charge is -2.12. The number of nitrogens with zero attached hydrogens (tertiary/aromatic N) is 2. The first kappa shape index (κ1) is 13.9. The first-order chi connectivity index (χ1) is 7.97. The number of rotatable bonds is 5. The van der Waals surface area contributed by atoms with Crippen molar-refractivity contribution in [3.05, 3.63) is 26.3 Å². The maximum atomic E-state index is 10.7. The fourth-order valence-corrected chi connectivity index (χ4v) is 1.68. The molecule has 2 N–H and O–H groups in total. The molecular formula is C10H14BrN3O3. The third-order valence-corrected chi connectivity index (χ3v) is 3.38. The molecule has 6 nitrogen and oxygen atoms in total. The Kier molecular flexibility index (Phi) is 4.83. The van der Waals surface area contributed by atoms with E-state index in [1.165, 1.54) is 6.20 Å². The van der Waals surface area contributed by atoms with Gasteiger partial charge in [-0.05, 0) is 29.3 Å². The fourth-order valence-electron chi connectivity index (χ4n) is 1.24. The highest BCUT2D eigenvalue weighted by molar-refractivity contribution is 9.10. The number of pyridine rings is 1. The molecule has 0 spiro atoms. The zero-order valence-corrected chi connectivity index (χ0v) is 11.2. The van der Waals surface area contributed by atoms with E-state index < -0.39 is 11.0 Å². The Morgan fingerprint density at radius 1 is 1.71 bits per heavy atom. The van der Waals surface area contributed by atoms with Crippen molar-refractivity contribution in [2.24, 2.45) is 0 Å². The molecule has 7 heteroatoms. The van der Waals surface area contributed by atoms with Crippen LogP contribution >= 0.6 is 15.9 Å². The van der Waals surface area contributed by atoms with Gasteiger partial charge in [0.15, 0.2) is 0 Å². The summed E-state index contributed by atoms with van der Waals surface area (Å²) in [6.45, 7) is 3.88. The van der Waals surface area contributed by atoms with Crippen molar-refractivity contribution >= 4 is 27.4 Å². The molecule has 1 rings (SSSR count). The first-order valence-corrected chi connectivity index (χ1v) is 5.98. The van der Waals surface area contributed by atoms with Crippen LogP contribution in [0.3, 0.4) is 0 Å². The van der Waals surface area contributed by atoms with Crippen molar-refractivity contribution in [1.29, 1.82) is 0 Å². The highest BCUT2D eigenvalue weighted by Crippen LogP contribution is 2.30. The number of aliphatic hydroxyl groups excluding tert-OH is 1. The van der Waals surface area contributed by atoms with Crippen LogP contribution in [0, 0.1) is 17.0 Å². The second-order valence-corrected chi connectivity index (χ2v) is 4.42. The molecule has 0 saturated heterocycles. The van der Waals surface area contributed by atoms with Gasteiger partial charge in [-0.15, -0.1) is 0 Å². The SMILES string of the molecule is CCC(O)CNc1ncc([N+](=O)[O-])c(C)c1Br. The molecule has 1 atom stereocenters. The average molecular weight is 304 g/mol. The lowest BCUT2D eigenvalue weighted by Crippen LogP contribution is -2.19. The van der Waals surface area contributed by atoms with Gasteiger partial charge in [-0.2, -0.15) is 0 Å². The summed E-state index contributed by atoms with van der Waals surface area (Å²) in [5.74, 6) is 0.501. The lowest BCUT2D eigenvalue weighted by atomic mass is 10.2. The normalized spacial score (nSPS) is 12.2. The van der Waals surface area contributed by atoms with E-state index in [1.54, 1.807) is 6.92 Å². The summed E-state index contributed by atoms with van der Waals surface area (Å²) in [5, 5.41) is 23.0. The van der Waals surface area contributed by atoms with Crippen LogP contribution in [0.15, 0.2) is 10.7 Å². The molecule has 0 aliphatic heterocycles. The summed E-state index contributed by atoms with van der Waals surface area (Å²) in [5.41, 5.74) is 0.483. The molecule has 1 heterocycles. The van der Waals surface area contributed by atoms with Gasteiger partial charge in [0.05, 0.1) is 15.5 Å². The quantitative estimate of drug-likeness (QED) is 0.643. The predicted molar refractivity (Wildman–Crippen MR) is 68.1 cm³/mol. The molecule has 1 unspecified atom stereocenters. The van der Waals surface area contributed by atoms with Crippen LogP contribution in [-0.2, 0) is 0 Å². The Hall–Kier alpha value is -1.21. The lowest BCUT2D eigenvalue weighted by molar-refractivity contribution is -0.385. The van der Waals surface area contributed by atoms with Crippen LogP contribution in [0.1, 0.15) is 18.9 Å². The Balaban J connectivity index is 2.89. The van der Waals surface area contributed by atoms with Gasteiger partial charge >= 0.3 is 0 Å². The minimum absolute atomic E-state index is 0.0292. The standard InChI is InChI=1S/C10H14BrN3O3/c1-3-7(15)4-12-10-9(11)6(2)8(5-13-10)14(16)17/h5,7,15H,3-4H2,1-2H3,(H,12,13). The zero-order valence-electron chi connectivity index (χ0n) is 9.61. The van der Waals surface area contributed by atoms with Crippen LogP contribution in [0.4, 0.5) is 11.5 Å². The van der Waals surface area contributed by atoms with Gasteiger partial charge in [-0.25, -0.2) is 4.98 Å². The first-order valence-electron chi connectivity index (χ1n) is 5.18. The summed E-state index contributed by atoms with van der Waals surface area (Å²) >= 11 is 3.26. The van der Waals surface area contributed by atoms with Crippen molar-refractivity contribution in [2.45, 2.75) is 26.4 Å². The number of nitrogens with one attached hydrogen (secondary N) is 1. The minimum atomic E-state index is -0.474. The van der Waals surface area contributed by atoms with Gasteiger partial charge in [0.1, 0.15) is 12.0 Å². The van der Waals surface area contributed by atoms with E-state index in [1.807, 2.05) is 6.92 Å². The third-order valence-electron chi connectivity index (χ3n) is 2.41. The Morgan fingerprint density at radius 2 is 2.35 bits per heavy atom. The van der Waals surface area contributed by atoms with E-state index >= 15 is 0 Å². The van der Waals surface area contributed by atoms with E-state index in [9.17, 15) is 15.2 Å². The van der Waals surface area contributed by atoms with Gasteiger partial charge < -0.3 is 10.4 Å². The second kappa shape index (κ2) is 5.92. The van der Waals surface area contributed by atoms with Crippen LogP contribution in [-0.4, -0.2) is 27.7 Å². The molecule has 0 fully saturated rings. The fraction of sp³-hybridized carbons (Fsp3) is 0.500. The van der Waals surface area contributed by atoms with E-state index in [4.69, 9.17) is 0 Å². The number of hydrogen-bond donors (Lipinski definition) is 2. The number of nitro groups is 1. The number of halogens is 1. The molecule has 0 radical (unpaired) electrons. The van der Waals surface area contributed by atoms with Gasteiger partial charge in [0.2, 0.25) is 0 Å². The Labute approximate surface area is 107 Å². The molecule has 1 aromatic heterocycles. The minimum Gasteiger partial charge on any atom is -0.391 e. The van der Waals surface area contributed by atoms with Crippen molar-refractivity contribution in [1.82, 2.24) is 4.98 Å². The molecule has 1 aromatic rings. The molecule has 0 aromatic carbocycles. The highest BCUT2D eigenvalue weighted by atomic mass is 79.9. The number of hydrogen-bond acceptors (Lipinski definition) is 5. The summed E-state index contributed by atoms with van der Waals surface area (Å²) < 4.78 is 0.551. The molecule has 0 amide bonds. The molecule has 0 saturated carbocycles. The number of anilines is 1. The van der Waals surface area contributed by atoms with E-state index in [0.29, 0.717) is 28.8 Å². The van der Waals surface area contributed by atoms with Crippen LogP contribution in [0.2, 0.25) is 0 Å². The molecule has 0 aliphatic rings. The van der Waals surface area contributed by atoms with Gasteiger partial charge in [-0.3, -0.25) is 10.1 Å². The zero-order chi connectivity index (χ0) is 13.0. The smallest absolute Gasteiger partial charge is 0.291 e. The van der Waals surface area contributed by atoms with Crippen molar-refractivity contribution < 1.29 is 10.0 Å². The monoisotopic (exact) mass is 303 g/mol. The largest absolute Gasteiger partial charge is 0.391 e. The summed E-state index contributed by atoms with van der Waals surface area (Å²) in [4.78, 5) is 14.2. The van der Waals surface area contributed by atoms with Crippen molar-refractivity contribution in [3.8, 4) is 0 Å². The predicted octanol–water partition coefficient (Wildman–Crippen LogP) is 2.24. The Morgan fingerprint density at radius 3 is 2.88 bits per heavy atom. The van der Waals surface area contributed by atoms with Crippen molar-refractivity contribution in [2.75, 3.05) is 11.9 Å². The molecule has 17 heavy (non-hydrogen) atoms. The molecule has 94 valence electrons. The molecular weight excluding hydrogens is 290 g/mol. The van der Waals surface area contributed by atoms with E-state index in [-0.39, 0.29) is 5.69 Å². The maximum Gasteiger partial charge on any atom is 0.291 e. The van der Waals surface area contributed by atoms with Gasteiger partial charge in [0, 0.05) is 12.1 Å². The van der Waals surface area contributed by atoms with E-state index in [0.717, 1.165) is 0 Å². The number of aliphatic hydroxyl groups is 1. The molecule has 0 bridgehead atoms. The molecule has 0 aliphatic carbocycles. The van der Waals surface area contributed by atoms with Crippen molar-refractivity contribution in [3.63, 3.8) is 0 Å². The van der Waals surface area contributed by atoms with E-state index in [2.05, 4.69) is 26.2 Å². The summed E-state index contributed by atoms with van der Waals surface area (Å²) in [7, 11) is 0. The summed E-state index contributed by atoms with van der Waals surface area (Å²) in [6.07, 6.45) is 1.39. The Bertz CT molecular complexity index is 426.